The van der Waals surface area contributed by atoms with Crippen molar-refractivity contribution in [1.82, 2.24) is 4.90 Å². The number of hydrogen-bond acceptors (Lipinski definition) is 3. The fourth-order valence-corrected chi connectivity index (χ4v) is 2.96. The Morgan fingerprint density at radius 2 is 2.12 bits per heavy atom. The molecule has 1 saturated heterocycles. The van der Waals surface area contributed by atoms with Crippen molar-refractivity contribution >= 4 is 6.09 Å². The summed E-state index contributed by atoms with van der Waals surface area (Å²) < 4.78 is 5.38. The SMILES string of the molecule is CC(C)(C)OC(=O)N1CC[C@@]2(CC[C@H](O)C2)C1. The third-order valence-electron chi connectivity index (χ3n) is 3.77. The summed E-state index contributed by atoms with van der Waals surface area (Å²) in [5.41, 5.74) is -0.266. The number of nitrogens with zero attached hydrogens (tertiary/aromatic N) is 1. The fraction of sp³-hybridized carbons (Fsp3) is 0.923. The standard InChI is InChI=1S/C13H23NO3/c1-12(2,3)17-11(16)14-7-6-13(9-14)5-4-10(15)8-13/h10,15H,4-9H2,1-3H3/t10-,13+/m0/s1. The molecule has 0 aromatic rings. The number of amides is 1. The summed E-state index contributed by atoms with van der Waals surface area (Å²) in [5, 5.41) is 9.63. The molecule has 2 rings (SSSR count). The van der Waals surface area contributed by atoms with Gasteiger partial charge in [-0.3, -0.25) is 0 Å². The van der Waals surface area contributed by atoms with Crippen molar-refractivity contribution in [1.29, 1.82) is 0 Å². The molecule has 0 unspecified atom stereocenters. The van der Waals surface area contributed by atoms with Crippen molar-refractivity contribution in [3.8, 4) is 0 Å². The van der Waals surface area contributed by atoms with Crippen LogP contribution in [-0.4, -0.2) is 40.9 Å². The second-order valence-corrected chi connectivity index (χ2v) is 6.55. The first-order chi connectivity index (χ1) is 7.80. The highest BCUT2D eigenvalue weighted by atomic mass is 16.6. The van der Waals surface area contributed by atoms with E-state index in [0.29, 0.717) is 0 Å². The van der Waals surface area contributed by atoms with Gasteiger partial charge in [0.05, 0.1) is 6.10 Å². The predicted molar refractivity (Wildman–Crippen MR) is 64.7 cm³/mol. The second kappa shape index (κ2) is 4.16. The maximum atomic E-state index is 11.9. The summed E-state index contributed by atoms with van der Waals surface area (Å²) in [6.07, 6.45) is 3.37. The van der Waals surface area contributed by atoms with Crippen LogP contribution >= 0.6 is 0 Å². The van der Waals surface area contributed by atoms with Crippen LogP contribution in [0.25, 0.3) is 0 Å². The van der Waals surface area contributed by atoms with Crippen LogP contribution in [0.2, 0.25) is 0 Å². The predicted octanol–water partition coefficient (Wildman–Crippen LogP) is 2.16. The molecule has 1 saturated carbocycles. The van der Waals surface area contributed by atoms with Crippen molar-refractivity contribution in [2.75, 3.05) is 13.1 Å². The van der Waals surface area contributed by atoms with Gasteiger partial charge in [-0.15, -0.1) is 0 Å². The molecule has 0 bridgehead atoms. The lowest BCUT2D eigenvalue weighted by atomic mass is 9.85. The highest BCUT2D eigenvalue weighted by molar-refractivity contribution is 5.68. The van der Waals surface area contributed by atoms with E-state index in [9.17, 15) is 9.90 Å². The van der Waals surface area contributed by atoms with Gasteiger partial charge in [0.1, 0.15) is 5.60 Å². The summed E-state index contributed by atoms with van der Waals surface area (Å²) in [7, 11) is 0. The molecule has 1 amide bonds. The zero-order chi connectivity index (χ0) is 12.7. The molecule has 1 heterocycles. The monoisotopic (exact) mass is 241 g/mol. The number of carbonyl (C=O) groups excluding carboxylic acids is 1. The smallest absolute Gasteiger partial charge is 0.410 e. The topological polar surface area (TPSA) is 49.8 Å². The van der Waals surface area contributed by atoms with E-state index in [1.54, 1.807) is 4.90 Å². The van der Waals surface area contributed by atoms with Crippen LogP contribution in [0.1, 0.15) is 46.5 Å². The first-order valence-corrected chi connectivity index (χ1v) is 6.46. The van der Waals surface area contributed by atoms with Gasteiger partial charge in [-0.25, -0.2) is 4.79 Å². The Kier molecular flexibility index (Phi) is 3.10. The maximum Gasteiger partial charge on any atom is 0.410 e. The number of likely N-dealkylation sites (tertiary alicyclic amines) is 1. The minimum absolute atomic E-state index is 0.163. The molecule has 2 fully saturated rings. The van der Waals surface area contributed by atoms with Gasteiger partial charge in [0, 0.05) is 13.1 Å². The van der Waals surface area contributed by atoms with E-state index >= 15 is 0 Å². The molecule has 0 aromatic carbocycles. The van der Waals surface area contributed by atoms with Gasteiger partial charge in [-0.1, -0.05) is 0 Å². The zero-order valence-electron chi connectivity index (χ0n) is 11.0. The largest absolute Gasteiger partial charge is 0.444 e. The Balaban J connectivity index is 1.92. The van der Waals surface area contributed by atoms with Gasteiger partial charge in [0.25, 0.3) is 0 Å². The third-order valence-corrected chi connectivity index (χ3v) is 3.77. The summed E-state index contributed by atoms with van der Waals surface area (Å²) in [6.45, 7) is 7.17. The molecule has 1 N–H and O–H groups in total. The number of aliphatic hydroxyl groups excluding tert-OH is 1. The normalized spacial score (nSPS) is 33.4. The molecule has 1 aliphatic heterocycles. The minimum Gasteiger partial charge on any atom is -0.444 e. The molecule has 4 nitrogen and oxygen atoms in total. The molecule has 4 heteroatoms. The Labute approximate surface area is 103 Å². The Hall–Kier alpha value is -0.770. The molecular formula is C13H23NO3. The molecule has 0 aromatic heterocycles. The highest BCUT2D eigenvalue weighted by Crippen LogP contribution is 2.45. The van der Waals surface area contributed by atoms with Crippen molar-refractivity contribution in [2.24, 2.45) is 5.41 Å². The van der Waals surface area contributed by atoms with E-state index in [2.05, 4.69) is 0 Å². The molecule has 98 valence electrons. The van der Waals surface area contributed by atoms with Gasteiger partial charge in [-0.05, 0) is 51.9 Å². The molecule has 17 heavy (non-hydrogen) atoms. The van der Waals surface area contributed by atoms with E-state index < -0.39 is 5.60 Å². The van der Waals surface area contributed by atoms with Crippen LogP contribution < -0.4 is 0 Å². The fourth-order valence-electron chi connectivity index (χ4n) is 2.96. The van der Waals surface area contributed by atoms with Crippen molar-refractivity contribution in [2.45, 2.75) is 58.2 Å². The average Bonchev–Trinajstić information content (AvgIpc) is 2.72. The Morgan fingerprint density at radius 1 is 1.41 bits per heavy atom. The van der Waals surface area contributed by atoms with Gasteiger partial charge < -0.3 is 14.7 Å². The summed E-state index contributed by atoms with van der Waals surface area (Å²) >= 11 is 0. The third kappa shape index (κ3) is 2.92. The van der Waals surface area contributed by atoms with Crippen LogP contribution in [0.3, 0.4) is 0 Å². The lowest BCUT2D eigenvalue weighted by Gasteiger charge is -2.26. The summed E-state index contributed by atoms with van der Waals surface area (Å²) in [4.78, 5) is 13.7. The molecule has 2 aliphatic rings. The first-order valence-electron chi connectivity index (χ1n) is 6.46. The van der Waals surface area contributed by atoms with E-state index in [1.807, 2.05) is 20.8 Å². The van der Waals surface area contributed by atoms with E-state index in [1.165, 1.54) is 0 Å². The van der Waals surface area contributed by atoms with E-state index in [4.69, 9.17) is 4.74 Å². The number of ether oxygens (including phenoxy) is 1. The molecule has 2 atom stereocenters. The van der Waals surface area contributed by atoms with Crippen molar-refractivity contribution in [3.63, 3.8) is 0 Å². The van der Waals surface area contributed by atoms with Crippen LogP contribution in [-0.2, 0) is 4.74 Å². The van der Waals surface area contributed by atoms with Crippen LogP contribution in [0, 0.1) is 5.41 Å². The van der Waals surface area contributed by atoms with Crippen molar-refractivity contribution in [3.05, 3.63) is 0 Å². The summed E-state index contributed by atoms with van der Waals surface area (Å²) in [5.74, 6) is 0. The van der Waals surface area contributed by atoms with Gasteiger partial charge in [-0.2, -0.15) is 0 Å². The quantitative estimate of drug-likeness (QED) is 0.707. The number of carbonyl (C=O) groups is 1. The van der Waals surface area contributed by atoms with Crippen molar-refractivity contribution < 1.29 is 14.6 Å². The van der Waals surface area contributed by atoms with Crippen LogP contribution in [0.5, 0.6) is 0 Å². The molecular weight excluding hydrogens is 218 g/mol. The maximum absolute atomic E-state index is 11.9. The van der Waals surface area contributed by atoms with Gasteiger partial charge >= 0.3 is 6.09 Å². The first kappa shape index (κ1) is 12.7. The van der Waals surface area contributed by atoms with Gasteiger partial charge in [0.2, 0.25) is 0 Å². The number of rotatable bonds is 0. The highest BCUT2D eigenvalue weighted by Gasteiger charge is 2.45. The van der Waals surface area contributed by atoms with E-state index in [0.717, 1.165) is 38.8 Å². The zero-order valence-corrected chi connectivity index (χ0v) is 11.0. The minimum atomic E-state index is -0.429. The molecule has 1 spiro atoms. The Bertz CT molecular complexity index is 310. The van der Waals surface area contributed by atoms with Crippen LogP contribution in [0.4, 0.5) is 4.79 Å². The summed E-state index contributed by atoms with van der Waals surface area (Å²) in [6, 6.07) is 0. The van der Waals surface area contributed by atoms with E-state index in [-0.39, 0.29) is 17.6 Å². The Morgan fingerprint density at radius 3 is 2.65 bits per heavy atom. The lowest BCUT2D eigenvalue weighted by molar-refractivity contribution is 0.0270. The number of aliphatic hydroxyl groups is 1. The lowest BCUT2D eigenvalue weighted by Crippen LogP contribution is -2.36. The molecule has 1 aliphatic carbocycles. The van der Waals surface area contributed by atoms with Crippen LogP contribution in [0.15, 0.2) is 0 Å². The average molecular weight is 241 g/mol. The second-order valence-electron chi connectivity index (χ2n) is 6.55. The number of hydrogen-bond donors (Lipinski definition) is 1. The molecule has 0 radical (unpaired) electrons. The van der Waals surface area contributed by atoms with Gasteiger partial charge in [0.15, 0.2) is 0 Å².